The van der Waals surface area contributed by atoms with Crippen molar-refractivity contribution in [3.05, 3.63) is 73.5 Å². The number of phenolic OH excluding ortho intramolecular Hbond substituents is 1. The molecule has 0 bridgehead atoms. The number of rotatable bonds is 5. The van der Waals surface area contributed by atoms with Crippen molar-refractivity contribution in [2.45, 2.75) is 12.5 Å². The molecule has 146 valence electrons. The molecule has 0 saturated heterocycles. The number of aromatic nitrogens is 1. The third-order valence-electron chi connectivity index (χ3n) is 4.62. The number of carbonyl (C=O) groups is 2. The Hall–Kier alpha value is -3.30. The molecule has 0 fully saturated rings. The van der Waals surface area contributed by atoms with Gasteiger partial charge in [0, 0.05) is 11.6 Å². The number of aromatic hydroxyl groups is 2. The summed E-state index contributed by atoms with van der Waals surface area (Å²) in [5.74, 6) is -1.99. The summed E-state index contributed by atoms with van der Waals surface area (Å²) < 4.78 is 1.28. The summed E-state index contributed by atoms with van der Waals surface area (Å²) in [5.41, 5.74) is 0.857. The summed E-state index contributed by atoms with van der Waals surface area (Å²) in [6, 6.07) is 11.9. The van der Waals surface area contributed by atoms with E-state index in [9.17, 15) is 24.9 Å². The highest BCUT2D eigenvalue weighted by Crippen LogP contribution is 2.36. The minimum absolute atomic E-state index is 0.0396. The third kappa shape index (κ3) is 3.34. The third-order valence-corrected chi connectivity index (χ3v) is 6.02. The first-order valence-corrected chi connectivity index (χ1v) is 9.77. The van der Waals surface area contributed by atoms with Crippen molar-refractivity contribution in [3.63, 3.8) is 0 Å². The lowest BCUT2D eigenvalue weighted by Crippen LogP contribution is -2.23. The number of benzene rings is 2. The number of carboxylic acids is 1. The molecular formula is C20H14N2O5S2. The van der Waals surface area contributed by atoms with Gasteiger partial charge in [0.25, 0.3) is 5.91 Å². The van der Waals surface area contributed by atoms with E-state index in [0.29, 0.717) is 16.1 Å². The molecule has 0 spiro atoms. The first-order chi connectivity index (χ1) is 13.9. The van der Waals surface area contributed by atoms with Crippen LogP contribution in [0.2, 0.25) is 0 Å². The fourth-order valence-corrected chi connectivity index (χ4v) is 4.68. The Balaban J connectivity index is 1.84. The minimum Gasteiger partial charge on any atom is -0.508 e. The monoisotopic (exact) mass is 426 g/mol. The molecule has 1 aliphatic rings. The predicted molar refractivity (Wildman–Crippen MR) is 108 cm³/mol. The van der Waals surface area contributed by atoms with Gasteiger partial charge >= 0.3 is 5.97 Å². The number of para-hydroxylation sites is 1. The summed E-state index contributed by atoms with van der Waals surface area (Å²) in [7, 11) is 0. The number of nitrogens with zero attached hydrogens (tertiary/aromatic N) is 2. The van der Waals surface area contributed by atoms with Crippen molar-refractivity contribution in [2.24, 2.45) is 4.99 Å². The zero-order chi connectivity index (χ0) is 20.7. The molecule has 1 unspecified atom stereocenters. The standard InChI is InChI=1S/C20H14N2O5S2/c23-11-7-5-10(6-8-11)9-14(19(26)27)22-18(25)16(29-20(22)28)15-12-3-1-2-4-13(12)21-17(15)24/h1-8,14,23,25H,9H2,(H,26,27). The number of phenols is 1. The molecule has 1 aliphatic heterocycles. The van der Waals surface area contributed by atoms with Crippen LogP contribution in [0.15, 0.2) is 53.5 Å². The predicted octanol–water partition coefficient (Wildman–Crippen LogP) is 1.92. The van der Waals surface area contributed by atoms with Crippen molar-refractivity contribution in [2.75, 3.05) is 0 Å². The molecule has 0 radical (unpaired) electrons. The quantitative estimate of drug-likeness (QED) is 0.538. The average molecular weight is 426 g/mol. The van der Waals surface area contributed by atoms with Crippen molar-refractivity contribution in [1.82, 2.24) is 4.57 Å². The summed E-state index contributed by atoms with van der Waals surface area (Å²) in [6.07, 6.45) is 0.0396. The summed E-state index contributed by atoms with van der Waals surface area (Å²) in [5, 5.41) is 31.1. The number of fused-ring (bicyclic) bond motifs is 1. The highest BCUT2D eigenvalue weighted by atomic mass is 32.1. The SMILES string of the molecule is O=C1N=c2ccccc2=C1c1sc(=S)n(C(Cc2ccc(O)cc2)C(=O)O)c1O. The molecule has 29 heavy (non-hydrogen) atoms. The van der Waals surface area contributed by atoms with Gasteiger partial charge in [-0.25, -0.2) is 9.79 Å². The van der Waals surface area contributed by atoms with Gasteiger partial charge < -0.3 is 15.3 Å². The van der Waals surface area contributed by atoms with E-state index in [1.54, 1.807) is 36.4 Å². The Morgan fingerprint density at radius 1 is 1.14 bits per heavy atom. The maximum absolute atomic E-state index is 12.4. The Kier molecular flexibility index (Phi) is 4.77. The van der Waals surface area contributed by atoms with Crippen LogP contribution in [0, 0.1) is 3.95 Å². The van der Waals surface area contributed by atoms with Gasteiger partial charge in [0.15, 0.2) is 3.95 Å². The maximum Gasteiger partial charge on any atom is 0.327 e. The summed E-state index contributed by atoms with van der Waals surface area (Å²) >= 11 is 6.30. The molecule has 1 aromatic heterocycles. The van der Waals surface area contributed by atoms with E-state index in [1.807, 2.05) is 0 Å². The normalized spacial score (nSPS) is 13.8. The number of hydrogen-bond acceptors (Lipinski definition) is 6. The van der Waals surface area contributed by atoms with E-state index in [4.69, 9.17) is 12.2 Å². The van der Waals surface area contributed by atoms with E-state index in [-0.39, 0.29) is 32.5 Å². The van der Waals surface area contributed by atoms with E-state index >= 15 is 0 Å². The van der Waals surface area contributed by atoms with Crippen molar-refractivity contribution in [1.29, 1.82) is 0 Å². The average Bonchev–Trinajstić information content (AvgIpc) is 3.16. The van der Waals surface area contributed by atoms with Crippen LogP contribution in [0.25, 0.3) is 5.57 Å². The van der Waals surface area contributed by atoms with Crippen LogP contribution in [0.5, 0.6) is 11.6 Å². The van der Waals surface area contributed by atoms with Crippen LogP contribution in [0.3, 0.4) is 0 Å². The van der Waals surface area contributed by atoms with Crippen LogP contribution >= 0.6 is 23.6 Å². The number of amides is 1. The molecule has 2 heterocycles. The van der Waals surface area contributed by atoms with Crippen LogP contribution in [-0.2, 0) is 16.0 Å². The molecule has 9 heteroatoms. The fraction of sp³-hybridized carbons (Fsp3) is 0.100. The number of aliphatic carboxylic acids is 1. The van der Waals surface area contributed by atoms with Gasteiger partial charge in [-0.05, 0) is 36.0 Å². The Bertz CT molecular complexity index is 1320. The molecule has 2 aromatic carbocycles. The number of carbonyl (C=O) groups excluding carboxylic acids is 1. The second kappa shape index (κ2) is 7.26. The summed E-state index contributed by atoms with van der Waals surface area (Å²) in [6.45, 7) is 0. The number of thiazole rings is 1. The van der Waals surface area contributed by atoms with Gasteiger partial charge in [0.05, 0.1) is 10.9 Å². The van der Waals surface area contributed by atoms with E-state index in [1.165, 1.54) is 12.1 Å². The van der Waals surface area contributed by atoms with Gasteiger partial charge in [0.2, 0.25) is 5.88 Å². The lowest BCUT2D eigenvalue weighted by molar-refractivity contribution is -0.141. The highest BCUT2D eigenvalue weighted by molar-refractivity contribution is 7.73. The van der Waals surface area contributed by atoms with E-state index < -0.39 is 17.9 Å². The minimum atomic E-state index is -1.18. The van der Waals surface area contributed by atoms with Crippen molar-refractivity contribution in [3.8, 4) is 11.6 Å². The molecule has 3 N–H and O–H groups in total. The summed E-state index contributed by atoms with van der Waals surface area (Å²) in [4.78, 5) is 28.6. The van der Waals surface area contributed by atoms with Crippen LogP contribution in [0.1, 0.15) is 16.5 Å². The van der Waals surface area contributed by atoms with Gasteiger partial charge in [-0.15, -0.1) is 11.3 Å². The van der Waals surface area contributed by atoms with Crippen LogP contribution in [0.4, 0.5) is 0 Å². The highest BCUT2D eigenvalue weighted by Gasteiger charge is 2.30. The second-order valence-electron chi connectivity index (χ2n) is 6.42. The van der Waals surface area contributed by atoms with Crippen LogP contribution in [-0.4, -0.2) is 31.8 Å². The molecule has 0 aliphatic carbocycles. The molecule has 1 atom stereocenters. The van der Waals surface area contributed by atoms with Crippen molar-refractivity contribution >= 4 is 41.0 Å². The van der Waals surface area contributed by atoms with Gasteiger partial charge in [-0.2, -0.15) is 0 Å². The molecule has 0 saturated carbocycles. The Morgan fingerprint density at radius 3 is 2.52 bits per heavy atom. The topological polar surface area (TPSA) is 112 Å². The molecule has 3 aromatic rings. The Morgan fingerprint density at radius 2 is 1.83 bits per heavy atom. The smallest absolute Gasteiger partial charge is 0.327 e. The van der Waals surface area contributed by atoms with Crippen LogP contribution < -0.4 is 10.6 Å². The lowest BCUT2D eigenvalue weighted by atomic mass is 10.1. The second-order valence-corrected chi connectivity index (χ2v) is 8.07. The number of hydrogen-bond donors (Lipinski definition) is 3. The van der Waals surface area contributed by atoms with E-state index in [2.05, 4.69) is 4.99 Å². The molecule has 7 nitrogen and oxygen atoms in total. The fourth-order valence-electron chi connectivity index (χ4n) is 3.24. The Labute approximate surface area is 173 Å². The first-order valence-electron chi connectivity index (χ1n) is 8.54. The van der Waals surface area contributed by atoms with Crippen molar-refractivity contribution < 1.29 is 24.9 Å². The largest absolute Gasteiger partial charge is 0.508 e. The van der Waals surface area contributed by atoms with E-state index in [0.717, 1.165) is 15.9 Å². The maximum atomic E-state index is 12.4. The molecule has 4 rings (SSSR count). The van der Waals surface area contributed by atoms with Gasteiger partial charge in [-0.1, -0.05) is 30.3 Å². The zero-order valence-corrected chi connectivity index (χ0v) is 16.4. The lowest BCUT2D eigenvalue weighted by Gasteiger charge is -2.15. The first kappa shape index (κ1) is 19.0. The number of carboxylic acid groups (broad SMARTS) is 1. The zero-order valence-electron chi connectivity index (χ0n) is 14.8. The molecular weight excluding hydrogens is 412 g/mol. The van der Waals surface area contributed by atoms with Gasteiger partial charge in [-0.3, -0.25) is 9.36 Å². The molecule has 1 amide bonds. The van der Waals surface area contributed by atoms with Gasteiger partial charge in [0.1, 0.15) is 16.7 Å².